The summed E-state index contributed by atoms with van der Waals surface area (Å²) < 4.78 is 33.4. The van der Waals surface area contributed by atoms with Gasteiger partial charge in [0.05, 0.1) is 22.8 Å². The molecule has 0 aliphatic heterocycles. The molecule has 1 N–H and O–H groups in total. The third kappa shape index (κ3) is 6.52. The molecule has 1 aromatic carbocycles. The molecule has 0 radical (unpaired) electrons. The van der Waals surface area contributed by atoms with Gasteiger partial charge in [0, 0.05) is 23.4 Å². The van der Waals surface area contributed by atoms with E-state index >= 15 is 0 Å². The van der Waals surface area contributed by atoms with Crippen molar-refractivity contribution in [2.75, 3.05) is 12.4 Å². The molecule has 0 atom stereocenters. The lowest BCUT2D eigenvalue weighted by molar-refractivity contribution is 0.351. The molecule has 0 saturated carbocycles. The Hall–Kier alpha value is -1.06. The zero-order valence-corrected chi connectivity index (χ0v) is 15.5. The highest BCUT2D eigenvalue weighted by Gasteiger charge is 2.13. The molecule has 0 saturated heterocycles. The maximum atomic E-state index is 12.1. The van der Waals surface area contributed by atoms with Crippen LogP contribution in [0.2, 0.25) is 0 Å². The lowest BCUT2D eigenvalue weighted by Crippen LogP contribution is -2.12. The fourth-order valence-electron chi connectivity index (χ4n) is 1.70. The van der Waals surface area contributed by atoms with Gasteiger partial charge in [-0.3, -0.25) is 9.71 Å². The van der Waals surface area contributed by atoms with Crippen molar-refractivity contribution in [2.24, 2.45) is 0 Å². The highest BCUT2D eigenvalue weighted by atomic mass is 79.9. The Kier molecular flexibility index (Phi) is 7.38. The average molecular weight is 417 g/mol. The minimum atomic E-state index is -3.33. The molecular weight excluding hydrogens is 400 g/mol. The van der Waals surface area contributed by atoms with Crippen LogP contribution in [-0.2, 0) is 21.1 Å². The van der Waals surface area contributed by atoms with E-state index in [9.17, 15) is 8.42 Å². The predicted octanol–water partition coefficient (Wildman–Crippen LogP) is 2.56. The zero-order valence-electron chi connectivity index (χ0n) is 12.2. The summed E-state index contributed by atoms with van der Waals surface area (Å²) in [5, 5.41) is 0. The van der Waals surface area contributed by atoms with E-state index in [1.165, 1.54) is 0 Å². The molecule has 5 nitrogen and oxygen atoms in total. The van der Waals surface area contributed by atoms with E-state index in [2.05, 4.69) is 25.6 Å². The van der Waals surface area contributed by atoms with Crippen LogP contribution < -0.4 is 4.72 Å². The van der Waals surface area contributed by atoms with Crippen LogP contribution in [0.1, 0.15) is 5.56 Å². The second-order valence-electron chi connectivity index (χ2n) is 4.58. The number of aromatic nitrogens is 1. The number of thiol groups is 1. The molecule has 0 spiro atoms. The number of sulfone groups is 1. The summed E-state index contributed by atoms with van der Waals surface area (Å²) in [5.74, 6) is -0.0575. The number of rotatable bonds is 8. The maximum Gasteiger partial charge on any atom is 0.180 e. The second-order valence-corrected chi connectivity index (χ2v) is 8.39. The van der Waals surface area contributed by atoms with Gasteiger partial charge in [0.25, 0.3) is 0 Å². The summed E-state index contributed by atoms with van der Waals surface area (Å²) in [6.45, 7) is 0.794. The van der Waals surface area contributed by atoms with E-state index < -0.39 is 9.84 Å². The van der Waals surface area contributed by atoms with Crippen molar-refractivity contribution >= 4 is 42.9 Å². The molecule has 124 valence electrons. The fraction of sp³-hybridized carbons (Fsp3) is 0.200. The quantitative estimate of drug-likeness (QED) is 0.393. The van der Waals surface area contributed by atoms with E-state index in [4.69, 9.17) is 4.74 Å². The van der Waals surface area contributed by atoms with Gasteiger partial charge in [-0.2, -0.15) is 0 Å². The van der Waals surface area contributed by atoms with Crippen LogP contribution in [0, 0.1) is 0 Å². The Balaban J connectivity index is 1.71. The molecule has 1 aromatic heterocycles. The number of pyridine rings is 1. The van der Waals surface area contributed by atoms with Gasteiger partial charge in [0.15, 0.2) is 9.84 Å². The van der Waals surface area contributed by atoms with Crippen molar-refractivity contribution in [3.63, 3.8) is 0 Å². The van der Waals surface area contributed by atoms with Gasteiger partial charge in [0.2, 0.25) is 0 Å². The van der Waals surface area contributed by atoms with Crippen molar-refractivity contribution in [1.29, 1.82) is 0 Å². The largest absolute Gasteiger partial charge is 0.346 e. The summed E-state index contributed by atoms with van der Waals surface area (Å²) in [5.41, 5.74) is 2.62. The first-order valence-electron chi connectivity index (χ1n) is 6.81. The van der Waals surface area contributed by atoms with Crippen LogP contribution in [-0.4, -0.2) is 31.3 Å². The molecule has 0 aliphatic rings. The van der Waals surface area contributed by atoms with Gasteiger partial charge in [-0.05, 0) is 29.8 Å². The van der Waals surface area contributed by atoms with Gasteiger partial charge >= 0.3 is 0 Å². The van der Waals surface area contributed by atoms with Crippen LogP contribution in [0.15, 0.2) is 58.2 Å². The van der Waals surface area contributed by atoms with E-state index in [0.717, 1.165) is 21.6 Å². The highest BCUT2D eigenvalue weighted by Crippen LogP contribution is 2.17. The van der Waals surface area contributed by atoms with Gasteiger partial charge in [-0.1, -0.05) is 28.1 Å². The number of ether oxygens (including phenoxy) is 1. The van der Waals surface area contributed by atoms with Gasteiger partial charge in [0.1, 0.15) is 0 Å². The summed E-state index contributed by atoms with van der Waals surface area (Å²) in [4.78, 5) is 4.31. The summed E-state index contributed by atoms with van der Waals surface area (Å²) >= 11 is 4.05. The van der Waals surface area contributed by atoms with Gasteiger partial charge in [-0.15, -0.1) is 11.5 Å². The Labute approximate surface area is 148 Å². The first-order valence-corrected chi connectivity index (χ1v) is 10.2. The molecular formula is C15H17BrN2O3S2. The first kappa shape index (κ1) is 18.3. The summed E-state index contributed by atoms with van der Waals surface area (Å²) in [6.07, 6.45) is 3.51. The number of nitrogens with zero attached hydrogens (tertiary/aromatic N) is 1. The monoisotopic (exact) mass is 416 g/mol. The number of benzene rings is 1. The van der Waals surface area contributed by atoms with Crippen molar-refractivity contribution in [3.05, 3.63) is 58.8 Å². The molecule has 8 heteroatoms. The van der Waals surface area contributed by atoms with E-state index in [0.29, 0.717) is 11.4 Å². The predicted molar refractivity (Wildman–Crippen MR) is 98.3 cm³/mol. The minimum absolute atomic E-state index is 0.0575. The molecule has 0 bridgehead atoms. The molecule has 2 rings (SSSR count). The molecule has 2 aromatic rings. The van der Waals surface area contributed by atoms with Crippen LogP contribution >= 0.6 is 27.5 Å². The molecule has 1 heterocycles. The fourth-order valence-corrected chi connectivity index (χ4v) is 3.93. The average Bonchev–Trinajstić information content (AvgIpc) is 2.55. The molecule has 0 aliphatic carbocycles. The normalized spacial score (nSPS) is 12.2. The third-order valence-electron chi connectivity index (χ3n) is 2.85. The SMILES string of the molecule is O=S(=O)(CCOC=[SH]NCc1cccnc1)c1cccc(Br)c1. The van der Waals surface area contributed by atoms with Crippen LogP contribution in [0.3, 0.4) is 0 Å². The van der Waals surface area contributed by atoms with Crippen molar-refractivity contribution in [1.82, 2.24) is 9.71 Å². The number of hydrogen-bond donors (Lipinski definition) is 2. The second kappa shape index (κ2) is 9.29. The minimum Gasteiger partial charge on any atom is -0.346 e. The first-order chi connectivity index (χ1) is 11.1. The topological polar surface area (TPSA) is 68.3 Å². The standard InChI is InChI=1S/C15H17BrN2O3S2/c16-14-4-1-5-15(9-14)23(19,20)8-7-21-12-22-18-11-13-3-2-6-17-10-13/h1-6,9-10,12,18,22H,7-8,11H2. The maximum absolute atomic E-state index is 12.1. The van der Waals surface area contributed by atoms with Crippen molar-refractivity contribution in [2.45, 2.75) is 11.4 Å². The van der Waals surface area contributed by atoms with E-state index in [-0.39, 0.29) is 12.4 Å². The third-order valence-corrected chi connectivity index (χ3v) is 5.61. The lowest BCUT2D eigenvalue weighted by atomic mass is 10.3. The van der Waals surface area contributed by atoms with Crippen LogP contribution in [0.4, 0.5) is 0 Å². The van der Waals surface area contributed by atoms with Crippen molar-refractivity contribution < 1.29 is 13.2 Å². The Morgan fingerprint density at radius 3 is 2.91 bits per heavy atom. The number of halogens is 1. The molecule has 0 fully saturated rings. The number of hydrogen-bond acceptors (Lipinski definition) is 5. The van der Waals surface area contributed by atoms with Crippen molar-refractivity contribution in [3.8, 4) is 0 Å². The highest BCUT2D eigenvalue weighted by molar-refractivity contribution is 9.10. The summed E-state index contributed by atoms with van der Waals surface area (Å²) in [6, 6.07) is 10.5. The lowest BCUT2D eigenvalue weighted by Gasteiger charge is -2.04. The molecule has 23 heavy (non-hydrogen) atoms. The molecule has 0 amide bonds. The number of nitrogens with one attached hydrogen (secondary N) is 1. The Morgan fingerprint density at radius 2 is 2.17 bits per heavy atom. The molecule has 0 unspecified atom stereocenters. The Morgan fingerprint density at radius 1 is 1.30 bits per heavy atom. The van der Waals surface area contributed by atoms with Gasteiger partial charge in [-0.25, -0.2) is 8.42 Å². The Bertz CT molecular complexity index is 752. The van der Waals surface area contributed by atoms with Crippen LogP contribution in [0.25, 0.3) is 0 Å². The smallest absolute Gasteiger partial charge is 0.180 e. The van der Waals surface area contributed by atoms with Gasteiger partial charge < -0.3 is 4.74 Å². The van der Waals surface area contributed by atoms with E-state index in [1.807, 2.05) is 12.1 Å². The van der Waals surface area contributed by atoms with E-state index in [1.54, 1.807) is 42.2 Å². The zero-order chi connectivity index (χ0) is 16.5. The summed E-state index contributed by atoms with van der Waals surface area (Å²) in [7, 11) is -3.33. The van der Waals surface area contributed by atoms with Crippen LogP contribution in [0.5, 0.6) is 0 Å².